The average molecular weight is 317 g/mol. The molecular formula is C12H10F3N3O2S. The Labute approximate surface area is 118 Å². The van der Waals surface area contributed by atoms with Crippen molar-refractivity contribution in [3.05, 3.63) is 47.8 Å². The fourth-order valence-electron chi connectivity index (χ4n) is 1.59. The van der Waals surface area contributed by atoms with Gasteiger partial charge in [-0.05, 0) is 30.7 Å². The average Bonchev–Trinajstić information content (AvgIpc) is 2.38. The molecule has 112 valence electrons. The molecule has 2 aromatic rings. The Balaban J connectivity index is 2.45. The third-order valence-electron chi connectivity index (χ3n) is 2.60. The van der Waals surface area contributed by atoms with E-state index in [1.807, 2.05) is 4.72 Å². The van der Waals surface area contributed by atoms with Crippen LogP contribution in [0.1, 0.15) is 11.1 Å². The zero-order valence-corrected chi connectivity index (χ0v) is 11.5. The highest BCUT2D eigenvalue weighted by Gasteiger charge is 2.32. The number of hydrogen-bond donors (Lipinski definition) is 1. The minimum Gasteiger partial charge on any atom is -0.247 e. The smallest absolute Gasteiger partial charge is 0.247 e. The summed E-state index contributed by atoms with van der Waals surface area (Å²) in [6.45, 7) is 1.40. The second-order valence-electron chi connectivity index (χ2n) is 4.16. The molecule has 0 spiro atoms. The summed E-state index contributed by atoms with van der Waals surface area (Å²) >= 11 is 0. The Morgan fingerprint density at radius 3 is 2.33 bits per heavy atom. The van der Waals surface area contributed by atoms with Crippen molar-refractivity contribution in [3.8, 4) is 0 Å². The lowest BCUT2D eigenvalue weighted by atomic mass is 10.1. The maximum absolute atomic E-state index is 12.7. The van der Waals surface area contributed by atoms with Gasteiger partial charge in [0.2, 0.25) is 5.95 Å². The first-order valence-corrected chi connectivity index (χ1v) is 7.16. The van der Waals surface area contributed by atoms with Crippen molar-refractivity contribution in [3.63, 3.8) is 0 Å². The van der Waals surface area contributed by atoms with Crippen LogP contribution in [-0.2, 0) is 16.2 Å². The molecule has 0 atom stereocenters. The molecule has 0 aliphatic carbocycles. The van der Waals surface area contributed by atoms with Crippen LogP contribution in [-0.4, -0.2) is 18.4 Å². The predicted octanol–water partition coefficient (Wildman–Crippen LogP) is 2.60. The second kappa shape index (κ2) is 5.32. The largest absolute Gasteiger partial charge is 0.416 e. The van der Waals surface area contributed by atoms with E-state index in [2.05, 4.69) is 9.97 Å². The van der Waals surface area contributed by atoms with E-state index >= 15 is 0 Å². The van der Waals surface area contributed by atoms with E-state index in [9.17, 15) is 21.6 Å². The minimum absolute atomic E-state index is 0.187. The van der Waals surface area contributed by atoms with Gasteiger partial charge in [-0.2, -0.15) is 13.2 Å². The molecule has 0 fully saturated rings. The highest BCUT2D eigenvalue weighted by Crippen LogP contribution is 2.32. The molecule has 9 heteroatoms. The summed E-state index contributed by atoms with van der Waals surface area (Å²) in [5, 5.41) is 0. The second-order valence-corrected chi connectivity index (χ2v) is 5.81. The van der Waals surface area contributed by atoms with Crippen molar-refractivity contribution in [1.82, 2.24) is 9.97 Å². The summed E-state index contributed by atoms with van der Waals surface area (Å²) in [5.74, 6) is -0.214. The number of aryl methyl sites for hydroxylation is 1. The van der Waals surface area contributed by atoms with Gasteiger partial charge in [-0.15, -0.1) is 0 Å². The van der Waals surface area contributed by atoms with Crippen molar-refractivity contribution in [2.75, 3.05) is 4.72 Å². The number of alkyl halides is 3. The van der Waals surface area contributed by atoms with Gasteiger partial charge in [-0.25, -0.2) is 23.1 Å². The normalized spacial score (nSPS) is 12.2. The molecule has 2 rings (SSSR count). The summed E-state index contributed by atoms with van der Waals surface area (Å²) < 4.78 is 64.3. The van der Waals surface area contributed by atoms with Gasteiger partial charge in [0.15, 0.2) is 0 Å². The number of hydrogen-bond acceptors (Lipinski definition) is 4. The van der Waals surface area contributed by atoms with Crippen molar-refractivity contribution >= 4 is 16.0 Å². The van der Waals surface area contributed by atoms with Crippen LogP contribution in [0.2, 0.25) is 0 Å². The Kier molecular flexibility index (Phi) is 3.86. The highest BCUT2D eigenvalue weighted by atomic mass is 32.2. The summed E-state index contributed by atoms with van der Waals surface area (Å²) in [7, 11) is -4.20. The number of sulfonamides is 1. The lowest BCUT2D eigenvalue weighted by molar-refractivity contribution is -0.137. The predicted molar refractivity (Wildman–Crippen MR) is 69.0 cm³/mol. The molecule has 0 saturated carbocycles. The molecule has 1 N–H and O–H groups in total. The van der Waals surface area contributed by atoms with Crippen molar-refractivity contribution in [1.29, 1.82) is 0 Å². The molecule has 0 unspecified atom stereocenters. The molecule has 1 heterocycles. The van der Waals surface area contributed by atoms with Gasteiger partial charge in [0.25, 0.3) is 10.0 Å². The molecule has 21 heavy (non-hydrogen) atoms. The van der Waals surface area contributed by atoms with E-state index in [1.165, 1.54) is 25.4 Å². The molecule has 0 saturated heterocycles. The maximum Gasteiger partial charge on any atom is 0.416 e. The van der Waals surface area contributed by atoms with Crippen LogP contribution in [0.3, 0.4) is 0 Å². The van der Waals surface area contributed by atoms with Crippen LogP contribution in [0, 0.1) is 6.92 Å². The van der Waals surface area contributed by atoms with E-state index < -0.39 is 26.7 Å². The van der Waals surface area contributed by atoms with Crippen LogP contribution < -0.4 is 4.72 Å². The number of benzene rings is 1. The van der Waals surface area contributed by atoms with Crippen molar-refractivity contribution in [2.24, 2.45) is 0 Å². The topological polar surface area (TPSA) is 72.0 Å². The van der Waals surface area contributed by atoms with Crippen LogP contribution >= 0.6 is 0 Å². The zero-order valence-electron chi connectivity index (χ0n) is 10.7. The molecule has 1 aromatic heterocycles. The third kappa shape index (κ3) is 3.48. The van der Waals surface area contributed by atoms with Gasteiger partial charge < -0.3 is 0 Å². The first-order chi connectivity index (χ1) is 9.70. The van der Waals surface area contributed by atoms with Gasteiger partial charge in [-0.3, -0.25) is 0 Å². The van der Waals surface area contributed by atoms with Gasteiger partial charge in [0, 0.05) is 12.4 Å². The number of halogens is 3. The van der Waals surface area contributed by atoms with E-state index in [-0.39, 0.29) is 11.5 Å². The molecule has 0 amide bonds. The van der Waals surface area contributed by atoms with Crippen molar-refractivity contribution in [2.45, 2.75) is 18.0 Å². The molecule has 1 aromatic carbocycles. The lowest BCUT2D eigenvalue weighted by Gasteiger charge is -2.12. The summed E-state index contributed by atoms with van der Waals surface area (Å²) in [6, 6.07) is 3.99. The van der Waals surface area contributed by atoms with Crippen LogP contribution in [0.15, 0.2) is 41.6 Å². The monoisotopic (exact) mass is 317 g/mol. The summed E-state index contributed by atoms with van der Waals surface area (Å²) in [6.07, 6.45) is -2.01. The first kappa shape index (κ1) is 15.2. The van der Waals surface area contributed by atoms with Gasteiger partial charge >= 0.3 is 6.18 Å². The summed E-state index contributed by atoms with van der Waals surface area (Å²) in [4.78, 5) is 6.87. The van der Waals surface area contributed by atoms with E-state index in [4.69, 9.17) is 0 Å². The number of anilines is 1. The SMILES string of the molecule is Cc1ccc(C(F)(F)F)cc1S(=O)(=O)Nc1ncccn1. The van der Waals surface area contributed by atoms with E-state index in [1.54, 1.807) is 0 Å². The van der Waals surface area contributed by atoms with Gasteiger partial charge in [-0.1, -0.05) is 6.07 Å². The standard InChI is InChI=1S/C12H10F3N3O2S/c1-8-3-4-9(12(13,14)15)7-10(8)21(19,20)18-11-16-5-2-6-17-11/h2-7H,1H3,(H,16,17,18). The number of rotatable bonds is 3. The Bertz CT molecular complexity index is 746. The molecule has 0 radical (unpaired) electrons. The maximum atomic E-state index is 12.7. The molecule has 0 bridgehead atoms. The fraction of sp³-hybridized carbons (Fsp3) is 0.167. The van der Waals surface area contributed by atoms with Crippen LogP contribution in [0.25, 0.3) is 0 Å². The van der Waals surface area contributed by atoms with E-state index in [0.717, 1.165) is 12.1 Å². The first-order valence-electron chi connectivity index (χ1n) is 5.68. The minimum atomic E-state index is -4.62. The quantitative estimate of drug-likeness (QED) is 0.944. The van der Waals surface area contributed by atoms with Gasteiger partial charge in [0.05, 0.1) is 10.5 Å². The van der Waals surface area contributed by atoms with E-state index in [0.29, 0.717) is 6.07 Å². The summed E-state index contributed by atoms with van der Waals surface area (Å²) in [5.41, 5.74) is -0.853. The zero-order chi connectivity index (χ0) is 15.7. The third-order valence-corrected chi connectivity index (χ3v) is 4.07. The Morgan fingerprint density at radius 1 is 1.14 bits per heavy atom. The number of nitrogens with one attached hydrogen (secondary N) is 1. The highest BCUT2D eigenvalue weighted by molar-refractivity contribution is 7.92. The Hall–Kier alpha value is -2.16. The van der Waals surface area contributed by atoms with Crippen molar-refractivity contribution < 1.29 is 21.6 Å². The van der Waals surface area contributed by atoms with Crippen LogP contribution in [0.5, 0.6) is 0 Å². The molecular weight excluding hydrogens is 307 g/mol. The molecule has 0 aliphatic heterocycles. The lowest BCUT2D eigenvalue weighted by Crippen LogP contribution is -2.17. The number of nitrogens with zero attached hydrogens (tertiary/aromatic N) is 2. The molecule has 5 nitrogen and oxygen atoms in total. The van der Waals surface area contributed by atoms with Gasteiger partial charge in [0.1, 0.15) is 0 Å². The Morgan fingerprint density at radius 2 is 1.76 bits per heavy atom. The number of aromatic nitrogens is 2. The fourth-order valence-corrected chi connectivity index (χ4v) is 2.82. The molecule has 0 aliphatic rings. The van der Waals surface area contributed by atoms with Crippen LogP contribution in [0.4, 0.5) is 19.1 Å².